The summed E-state index contributed by atoms with van der Waals surface area (Å²) >= 11 is 1.54. The Hall–Kier alpha value is -1.77. The second-order valence-corrected chi connectivity index (χ2v) is 8.11. The highest BCUT2D eigenvalue weighted by atomic mass is 32.2. The van der Waals surface area contributed by atoms with E-state index >= 15 is 0 Å². The summed E-state index contributed by atoms with van der Waals surface area (Å²) in [6.07, 6.45) is 2.23. The van der Waals surface area contributed by atoms with Gasteiger partial charge in [0.1, 0.15) is 5.75 Å². The summed E-state index contributed by atoms with van der Waals surface area (Å²) in [5, 5.41) is 16.5. The van der Waals surface area contributed by atoms with Gasteiger partial charge >= 0.3 is 0 Å². The van der Waals surface area contributed by atoms with Crippen molar-refractivity contribution >= 4 is 24.1 Å². The number of aliphatic hydroxyl groups is 1. The van der Waals surface area contributed by atoms with Gasteiger partial charge in [0.25, 0.3) is 6.47 Å². The van der Waals surface area contributed by atoms with Crippen molar-refractivity contribution in [2.45, 2.75) is 29.4 Å². The van der Waals surface area contributed by atoms with E-state index < -0.39 is 0 Å². The van der Waals surface area contributed by atoms with Gasteiger partial charge in [-0.05, 0) is 31.0 Å². The molecule has 27 heavy (non-hydrogen) atoms. The van der Waals surface area contributed by atoms with Crippen LogP contribution in [0.15, 0.2) is 29.2 Å². The van der Waals surface area contributed by atoms with Crippen LogP contribution in [-0.2, 0) is 14.3 Å². The molecule has 3 aliphatic heterocycles. The highest BCUT2D eigenvalue weighted by Gasteiger charge is 2.63. The van der Waals surface area contributed by atoms with E-state index in [-0.39, 0.29) is 36.6 Å². The van der Waals surface area contributed by atoms with Crippen molar-refractivity contribution in [2.75, 3.05) is 32.6 Å². The number of amides is 1. The third-order valence-corrected chi connectivity index (χ3v) is 6.73. The normalized spacial score (nSPS) is 30.4. The zero-order valence-corrected chi connectivity index (χ0v) is 16.1. The number of ether oxygens (including phenoxy) is 2. The topological polar surface area (TPSA) is 96.3 Å². The van der Waals surface area contributed by atoms with Crippen LogP contribution in [0.25, 0.3) is 0 Å². The lowest BCUT2D eigenvalue weighted by atomic mass is 9.74. The molecule has 4 rings (SSSR count). The summed E-state index contributed by atoms with van der Waals surface area (Å²) in [4.78, 5) is 24.0. The van der Waals surface area contributed by atoms with Gasteiger partial charge in [-0.1, -0.05) is 6.07 Å². The number of benzene rings is 1. The maximum absolute atomic E-state index is 12.6. The molecule has 0 unspecified atom stereocenters. The Kier molecular flexibility index (Phi) is 6.29. The quantitative estimate of drug-likeness (QED) is 0.576. The maximum Gasteiger partial charge on any atom is 0.290 e. The molecular weight excluding hydrogens is 370 g/mol. The van der Waals surface area contributed by atoms with Gasteiger partial charge in [0, 0.05) is 29.9 Å². The number of fused-ring (bicyclic) bond motifs is 1. The van der Waals surface area contributed by atoms with Gasteiger partial charge in [-0.15, -0.1) is 11.8 Å². The number of hydrogen-bond acceptors (Lipinski definition) is 6. The highest BCUT2D eigenvalue weighted by molar-refractivity contribution is 8.00. The molecule has 7 nitrogen and oxygen atoms in total. The first-order chi connectivity index (χ1) is 13.1. The van der Waals surface area contributed by atoms with E-state index in [1.807, 2.05) is 29.2 Å². The third kappa shape index (κ3) is 3.93. The van der Waals surface area contributed by atoms with E-state index in [4.69, 9.17) is 19.4 Å². The first kappa shape index (κ1) is 20.0. The van der Waals surface area contributed by atoms with Crippen molar-refractivity contribution in [2.24, 2.45) is 11.8 Å². The SMILES string of the molecule is COc1cccc(SCC(=O)N2C[C@@H]3[C@H](CO)[C@H]4CC[C@]3(C2)O4)c1.O=CO. The van der Waals surface area contributed by atoms with Crippen molar-refractivity contribution in [1.82, 2.24) is 4.90 Å². The van der Waals surface area contributed by atoms with Gasteiger partial charge < -0.3 is 24.6 Å². The molecule has 1 amide bonds. The van der Waals surface area contributed by atoms with Crippen LogP contribution in [0.2, 0.25) is 0 Å². The van der Waals surface area contributed by atoms with E-state index in [2.05, 4.69) is 0 Å². The molecule has 3 fully saturated rings. The fraction of sp³-hybridized carbons (Fsp3) is 0.579. The van der Waals surface area contributed by atoms with Crippen LogP contribution in [0.1, 0.15) is 12.8 Å². The van der Waals surface area contributed by atoms with Crippen LogP contribution in [0.5, 0.6) is 5.75 Å². The lowest BCUT2D eigenvalue weighted by Gasteiger charge is -2.27. The maximum atomic E-state index is 12.6. The van der Waals surface area contributed by atoms with Crippen LogP contribution in [0.4, 0.5) is 0 Å². The van der Waals surface area contributed by atoms with E-state index in [1.165, 1.54) is 11.8 Å². The van der Waals surface area contributed by atoms with Crippen LogP contribution in [0.3, 0.4) is 0 Å². The van der Waals surface area contributed by atoms with Gasteiger partial charge in [0.05, 0.1) is 31.1 Å². The van der Waals surface area contributed by atoms with Crippen LogP contribution < -0.4 is 4.74 Å². The zero-order valence-electron chi connectivity index (χ0n) is 15.2. The fourth-order valence-electron chi connectivity index (χ4n) is 4.55. The van der Waals surface area contributed by atoms with Crippen LogP contribution in [-0.4, -0.2) is 71.8 Å². The van der Waals surface area contributed by atoms with Gasteiger partial charge in [-0.25, -0.2) is 0 Å². The number of hydrogen-bond donors (Lipinski definition) is 2. The molecule has 148 valence electrons. The summed E-state index contributed by atoms with van der Waals surface area (Å²) < 4.78 is 11.4. The van der Waals surface area contributed by atoms with Crippen molar-refractivity contribution in [3.63, 3.8) is 0 Å². The molecular formula is C19H25NO6S. The number of thioether (sulfide) groups is 1. The van der Waals surface area contributed by atoms with E-state index in [0.717, 1.165) is 30.0 Å². The fourth-order valence-corrected chi connectivity index (χ4v) is 5.40. The highest BCUT2D eigenvalue weighted by Crippen LogP contribution is 2.54. The molecule has 2 bridgehead atoms. The molecule has 3 aliphatic rings. The molecule has 4 atom stereocenters. The molecule has 0 aromatic heterocycles. The summed E-state index contributed by atoms with van der Waals surface area (Å²) in [6.45, 7) is 1.32. The van der Waals surface area contributed by atoms with E-state index in [1.54, 1.807) is 7.11 Å². The molecule has 8 heteroatoms. The van der Waals surface area contributed by atoms with Gasteiger partial charge in [0.15, 0.2) is 0 Å². The Morgan fingerprint density at radius 3 is 3.00 bits per heavy atom. The van der Waals surface area contributed by atoms with Gasteiger partial charge in [0.2, 0.25) is 5.91 Å². The van der Waals surface area contributed by atoms with Crippen molar-refractivity contribution in [1.29, 1.82) is 0 Å². The molecule has 1 aromatic carbocycles. The standard InChI is InChI=1S/C18H23NO4S.CH2O2/c1-22-12-3-2-4-13(7-12)24-10-17(21)19-8-15-14(9-20)16-5-6-18(15,11-19)23-16;2-1-3/h2-4,7,14-16,20H,5-6,8-11H2,1H3;1H,(H,2,3)/t14-,15+,16+,18+;/m0./s1. The largest absolute Gasteiger partial charge is 0.497 e. The Labute approximate surface area is 162 Å². The second kappa shape index (κ2) is 8.50. The Morgan fingerprint density at radius 1 is 1.52 bits per heavy atom. The molecule has 0 saturated carbocycles. The number of carboxylic acid groups (broad SMARTS) is 1. The Bertz CT molecular complexity index is 686. The predicted molar refractivity (Wildman–Crippen MR) is 99.9 cm³/mol. The van der Waals surface area contributed by atoms with Crippen LogP contribution in [0, 0.1) is 11.8 Å². The Morgan fingerprint density at radius 2 is 2.30 bits per heavy atom. The predicted octanol–water partition coefficient (Wildman–Crippen LogP) is 1.49. The third-order valence-electron chi connectivity index (χ3n) is 5.75. The minimum Gasteiger partial charge on any atom is -0.497 e. The summed E-state index contributed by atoms with van der Waals surface area (Å²) in [7, 11) is 1.64. The summed E-state index contributed by atoms with van der Waals surface area (Å²) in [5.41, 5.74) is -0.186. The smallest absolute Gasteiger partial charge is 0.290 e. The molecule has 0 radical (unpaired) electrons. The molecule has 3 heterocycles. The molecule has 0 aliphatic carbocycles. The first-order valence-corrected chi connectivity index (χ1v) is 9.96. The number of nitrogens with zero attached hydrogens (tertiary/aromatic N) is 1. The molecule has 2 N–H and O–H groups in total. The van der Waals surface area contributed by atoms with E-state index in [9.17, 15) is 9.90 Å². The number of methoxy groups -OCH3 is 1. The van der Waals surface area contributed by atoms with Crippen LogP contribution >= 0.6 is 11.8 Å². The number of rotatable bonds is 5. The summed E-state index contributed by atoms with van der Waals surface area (Å²) in [6, 6.07) is 7.77. The number of likely N-dealkylation sites (tertiary alicyclic amines) is 1. The average molecular weight is 395 g/mol. The Balaban J connectivity index is 0.000000659. The van der Waals surface area contributed by atoms with Crippen molar-refractivity contribution < 1.29 is 29.3 Å². The second-order valence-electron chi connectivity index (χ2n) is 7.06. The number of carbonyl (C=O) groups is 2. The van der Waals surface area contributed by atoms with Crippen molar-refractivity contribution in [3.05, 3.63) is 24.3 Å². The minimum atomic E-state index is -0.250. The zero-order chi connectivity index (χ0) is 19.4. The lowest BCUT2D eigenvalue weighted by molar-refractivity contribution is -0.129. The van der Waals surface area contributed by atoms with Crippen molar-refractivity contribution in [3.8, 4) is 5.75 Å². The van der Waals surface area contributed by atoms with Gasteiger partial charge in [-0.3, -0.25) is 9.59 Å². The van der Waals surface area contributed by atoms with E-state index in [0.29, 0.717) is 18.2 Å². The number of carbonyl (C=O) groups excluding carboxylic acids is 1. The first-order valence-electron chi connectivity index (χ1n) is 8.98. The summed E-state index contributed by atoms with van der Waals surface area (Å²) in [5.74, 6) is 1.87. The lowest BCUT2D eigenvalue weighted by Crippen LogP contribution is -2.38. The average Bonchev–Trinajstić information content (AvgIpc) is 3.34. The van der Waals surface area contributed by atoms with Gasteiger partial charge in [-0.2, -0.15) is 0 Å². The molecule has 1 aromatic rings. The monoisotopic (exact) mass is 395 g/mol. The molecule has 1 spiro atoms. The number of aliphatic hydroxyl groups excluding tert-OH is 1. The minimum absolute atomic E-state index is 0.148. The molecule has 3 saturated heterocycles.